The Balaban J connectivity index is 0.00000280. The van der Waals surface area contributed by atoms with E-state index in [1.54, 1.807) is 6.07 Å². The van der Waals surface area contributed by atoms with Gasteiger partial charge in [0.25, 0.3) is 0 Å². The van der Waals surface area contributed by atoms with Gasteiger partial charge in [0.15, 0.2) is 0 Å². The van der Waals surface area contributed by atoms with Gasteiger partial charge in [-0.3, -0.25) is 0 Å². The van der Waals surface area contributed by atoms with Crippen LogP contribution in [0.1, 0.15) is 29.7 Å². The topological polar surface area (TPSA) is 32.3 Å². The normalized spacial score (nSPS) is 13.8. The summed E-state index contributed by atoms with van der Waals surface area (Å²) in [6.45, 7) is 2.30. The average molecular weight is 410 g/mol. The number of aliphatic hydroxyl groups is 1. The van der Waals surface area contributed by atoms with Crippen molar-refractivity contribution in [2.45, 2.75) is 31.7 Å². The van der Waals surface area contributed by atoms with Crippen LogP contribution in [0.3, 0.4) is 0 Å². The third-order valence-electron chi connectivity index (χ3n) is 4.68. The first-order valence-corrected chi connectivity index (χ1v) is 8.90. The van der Waals surface area contributed by atoms with Gasteiger partial charge >= 0.3 is 6.18 Å². The fourth-order valence-electron chi connectivity index (χ4n) is 3.27. The number of hydrogen-bond acceptors (Lipinski definition) is 2. The molecule has 0 saturated heterocycles. The zero-order chi connectivity index (χ0) is 19.4. The average Bonchev–Trinajstić information content (AvgIpc) is 2.65. The Hall–Kier alpha value is -2.08. The van der Waals surface area contributed by atoms with Gasteiger partial charge in [-0.05, 0) is 41.3 Å². The highest BCUT2D eigenvalue weighted by molar-refractivity contribution is 5.86. The van der Waals surface area contributed by atoms with Crippen LogP contribution in [0.2, 0.25) is 0 Å². The number of nitrogens with one attached hydrogen (secondary N) is 1. The first-order chi connectivity index (χ1) is 12.8. The molecule has 0 heterocycles. The molecule has 6 heteroatoms. The van der Waals surface area contributed by atoms with E-state index >= 15 is 0 Å². The summed E-state index contributed by atoms with van der Waals surface area (Å²) in [5.41, 5.74) is 0.903. The van der Waals surface area contributed by atoms with E-state index in [1.165, 1.54) is 6.07 Å². The van der Waals surface area contributed by atoms with Crippen LogP contribution < -0.4 is 5.32 Å². The molecule has 3 aromatic rings. The number of halogens is 4. The summed E-state index contributed by atoms with van der Waals surface area (Å²) in [5, 5.41) is 15.8. The van der Waals surface area contributed by atoms with Crippen molar-refractivity contribution in [3.05, 3.63) is 83.4 Å². The highest BCUT2D eigenvalue weighted by Crippen LogP contribution is 2.30. The first kappa shape index (κ1) is 22.2. The SMILES string of the molecule is C[C@@H](NCC(O)Cc1cccc(C(F)(F)F)c1)c1cccc2ccccc12.Cl. The van der Waals surface area contributed by atoms with E-state index in [-0.39, 0.29) is 24.9 Å². The number of rotatable bonds is 6. The lowest BCUT2D eigenvalue weighted by molar-refractivity contribution is -0.137. The summed E-state index contributed by atoms with van der Waals surface area (Å²) < 4.78 is 38.4. The predicted molar refractivity (Wildman–Crippen MR) is 109 cm³/mol. The Kier molecular flexibility index (Phi) is 7.47. The van der Waals surface area contributed by atoms with Crippen LogP contribution in [0.4, 0.5) is 13.2 Å². The number of hydrogen-bond donors (Lipinski definition) is 2. The van der Waals surface area contributed by atoms with E-state index in [1.807, 2.05) is 43.3 Å². The van der Waals surface area contributed by atoms with E-state index < -0.39 is 17.8 Å². The lowest BCUT2D eigenvalue weighted by Crippen LogP contribution is -2.30. The Bertz CT molecular complexity index is 908. The Morgan fingerprint density at radius 3 is 2.39 bits per heavy atom. The maximum Gasteiger partial charge on any atom is 0.416 e. The standard InChI is InChI=1S/C22H22F3NO.ClH/c1-15(20-11-5-8-17-7-2-3-10-21(17)20)26-14-19(27)13-16-6-4-9-18(12-16)22(23,24)25;/h2-12,15,19,26-27H,13-14H2,1H3;1H/t15-,19?;/m1./s1. The molecule has 0 saturated carbocycles. The second kappa shape index (κ2) is 9.41. The third kappa shape index (κ3) is 5.47. The van der Waals surface area contributed by atoms with Crippen LogP contribution in [0.25, 0.3) is 10.8 Å². The maximum absolute atomic E-state index is 12.8. The van der Waals surface area contributed by atoms with E-state index in [0.717, 1.165) is 28.5 Å². The molecule has 2 atom stereocenters. The van der Waals surface area contributed by atoms with Crippen LogP contribution >= 0.6 is 12.4 Å². The van der Waals surface area contributed by atoms with Gasteiger partial charge in [0.2, 0.25) is 0 Å². The fourth-order valence-corrected chi connectivity index (χ4v) is 3.27. The largest absolute Gasteiger partial charge is 0.416 e. The number of benzene rings is 3. The zero-order valence-corrected chi connectivity index (χ0v) is 16.2. The quantitative estimate of drug-likeness (QED) is 0.560. The lowest BCUT2D eigenvalue weighted by atomic mass is 9.99. The summed E-state index contributed by atoms with van der Waals surface area (Å²) in [6.07, 6.45) is -4.98. The molecule has 2 nitrogen and oxygen atoms in total. The van der Waals surface area contributed by atoms with E-state index in [9.17, 15) is 18.3 Å². The van der Waals surface area contributed by atoms with Gasteiger partial charge in [0.05, 0.1) is 11.7 Å². The molecular formula is C22H23ClF3NO. The van der Waals surface area contributed by atoms with Crippen LogP contribution in [0.15, 0.2) is 66.7 Å². The predicted octanol–water partition coefficient (Wildman–Crippen LogP) is 5.53. The van der Waals surface area contributed by atoms with E-state index in [2.05, 4.69) is 11.4 Å². The number of fused-ring (bicyclic) bond motifs is 1. The minimum atomic E-state index is -4.37. The zero-order valence-electron chi connectivity index (χ0n) is 15.4. The van der Waals surface area contributed by atoms with Crippen molar-refractivity contribution in [3.63, 3.8) is 0 Å². The van der Waals surface area contributed by atoms with Gasteiger partial charge in [-0.2, -0.15) is 13.2 Å². The fraction of sp³-hybridized carbons (Fsp3) is 0.273. The monoisotopic (exact) mass is 409 g/mol. The van der Waals surface area contributed by atoms with Gasteiger partial charge in [-0.15, -0.1) is 12.4 Å². The van der Waals surface area contributed by atoms with Crippen molar-refractivity contribution in [2.75, 3.05) is 6.54 Å². The molecule has 0 bridgehead atoms. The van der Waals surface area contributed by atoms with Crippen molar-refractivity contribution in [1.82, 2.24) is 5.32 Å². The minimum absolute atomic E-state index is 0. The number of aliphatic hydroxyl groups excluding tert-OH is 1. The summed E-state index contributed by atoms with van der Waals surface area (Å²) in [7, 11) is 0. The van der Waals surface area contributed by atoms with Gasteiger partial charge in [0, 0.05) is 12.6 Å². The summed E-state index contributed by atoms with van der Waals surface area (Å²) in [5.74, 6) is 0. The molecule has 0 aromatic heterocycles. The van der Waals surface area contributed by atoms with Gasteiger partial charge in [0.1, 0.15) is 0 Å². The van der Waals surface area contributed by atoms with Crippen molar-refractivity contribution >= 4 is 23.2 Å². The molecule has 28 heavy (non-hydrogen) atoms. The number of alkyl halides is 3. The molecule has 0 spiro atoms. The third-order valence-corrected chi connectivity index (χ3v) is 4.68. The van der Waals surface area contributed by atoms with Crippen LogP contribution in [0.5, 0.6) is 0 Å². The molecule has 0 aliphatic carbocycles. The van der Waals surface area contributed by atoms with Gasteiger partial charge in [-0.1, -0.05) is 60.7 Å². The highest BCUT2D eigenvalue weighted by atomic mass is 35.5. The molecular weight excluding hydrogens is 387 g/mol. The van der Waals surface area contributed by atoms with Crippen LogP contribution in [0, 0.1) is 0 Å². The molecule has 0 aliphatic heterocycles. The van der Waals surface area contributed by atoms with Gasteiger partial charge < -0.3 is 10.4 Å². The molecule has 1 unspecified atom stereocenters. The van der Waals surface area contributed by atoms with Crippen molar-refractivity contribution < 1.29 is 18.3 Å². The lowest BCUT2D eigenvalue weighted by Gasteiger charge is -2.19. The molecule has 150 valence electrons. The maximum atomic E-state index is 12.8. The van der Waals surface area contributed by atoms with Crippen molar-refractivity contribution in [2.24, 2.45) is 0 Å². The second-order valence-corrected chi connectivity index (χ2v) is 6.75. The Morgan fingerprint density at radius 1 is 0.964 bits per heavy atom. The second-order valence-electron chi connectivity index (χ2n) is 6.75. The highest BCUT2D eigenvalue weighted by Gasteiger charge is 2.30. The Morgan fingerprint density at radius 2 is 1.64 bits per heavy atom. The van der Waals surface area contributed by atoms with Crippen LogP contribution in [-0.2, 0) is 12.6 Å². The smallest absolute Gasteiger partial charge is 0.391 e. The molecule has 0 aliphatic rings. The summed E-state index contributed by atoms with van der Waals surface area (Å²) in [4.78, 5) is 0. The first-order valence-electron chi connectivity index (χ1n) is 8.90. The Labute approximate surface area is 168 Å². The molecule has 3 aromatic carbocycles. The molecule has 2 N–H and O–H groups in total. The molecule has 0 amide bonds. The van der Waals surface area contributed by atoms with Crippen molar-refractivity contribution in [1.29, 1.82) is 0 Å². The van der Waals surface area contributed by atoms with Gasteiger partial charge in [-0.25, -0.2) is 0 Å². The minimum Gasteiger partial charge on any atom is -0.391 e. The molecule has 0 radical (unpaired) electrons. The van der Waals surface area contributed by atoms with Crippen LogP contribution in [-0.4, -0.2) is 17.8 Å². The molecule has 3 rings (SSSR count). The summed E-state index contributed by atoms with van der Waals surface area (Å²) >= 11 is 0. The van der Waals surface area contributed by atoms with E-state index in [4.69, 9.17) is 0 Å². The summed E-state index contributed by atoms with van der Waals surface area (Å²) in [6, 6.07) is 19.3. The molecule has 0 fully saturated rings. The van der Waals surface area contributed by atoms with Crippen molar-refractivity contribution in [3.8, 4) is 0 Å². The van der Waals surface area contributed by atoms with E-state index in [0.29, 0.717) is 12.1 Å².